The van der Waals surface area contributed by atoms with Crippen molar-refractivity contribution in [2.75, 3.05) is 40.5 Å². The first-order chi connectivity index (χ1) is 13.6. The van der Waals surface area contributed by atoms with Crippen LogP contribution in [0.4, 0.5) is 0 Å². The van der Waals surface area contributed by atoms with Crippen molar-refractivity contribution in [2.45, 2.75) is 31.7 Å². The van der Waals surface area contributed by atoms with Gasteiger partial charge in [0.05, 0.1) is 27.4 Å². The van der Waals surface area contributed by atoms with Gasteiger partial charge in [0, 0.05) is 30.8 Å². The van der Waals surface area contributed by atoms with Crippen molar-refractivity contribution >= 4 is 11.8 Å². The fourth-order valence-corrected chi connectivity index (χ4v) is 3.58. The quantitative estimate of drug-likeness (QED) is 0.783. The van der Waals surface area contributed by atoms with E-state index in [4.69, 9.17) is 14.2 Å². The first-order valence-corrected chi connectivity index (χ1v) is 9.69. The molecule has 0 bridgehead atoms. The predicted octanol–water partition coefficient (Wildman–Crippen LogP) is 2.16. The van der Waals surface area contributed by atoms with Crippen LogP contribution < -0.4 is 14.8 Å². The predicted molar refractivity (Wildman–Crippen MR) is 105 cm³/mol. The molecule has 0 radical (unpaired) electrons. The van der Waals surface area contributed by atoms with Crippen molar-refractivity contribution in [3.8, 4) is 11.5 Å². The molecule has 7 heteroatoms. The Balaban J connectivity index is 1.52. The summed E-state index contributed by atoms with van der Waals surface area (Å²) in [6.07, 6.45) is 4.86. The number of piperidine rings is 1. The molecule has 152 valence electrons. The molecule has 0 aromatic heterocycles. The lowest BCUT2D eigenvalue weighted by atomic mass is 10.0. The zero-order valence-electron chi connectivity index (χ0n) is 16.5. The lowest BCUT2D eigenvalue weighted by Gasteiger charge is -2.32. The second kappa shape index (κ2) is 9.59. The van der Waals surface area contributed by atoms with Gasteiger partial charge in [-0.15, -0.1) is 0 Å². The highest BCUT2D eigenvalue weighted by Crippen LogP contribution is 2.28. The summed E-state index contributed by atoms with van der Waals surface area (Å²) >= 11 is 0. The molecule has 3 rings (SSSR count). The van der Waals surface area contributed by atoms with Crippen LogP contribution in [-0.4, -0.2) is 63.3 Å². The van der Waals surface area contributed by atoms with Crippen LogP contribution in [0, 0.1) is 0 Å². The number of amides is 2. The fourth-order valence-electron chi connectivity index (χ4n) is 3.58. The van der Waals surface area contributed by atoms with Crippen LogP contribution in [0.1, 0.15) is 36.0 Å². The molecule has 0 spiro atoms. The molecular weight excluding hydrogens is 360 g/mol. The molecule has 2 aliphatic rings. The number of carbonyl (C=O) groups is 2. The van der Waals surface area contributed by atoms with Gasteiger partial charge in [0.2, 0.25) is 5.91 Å². The number of rotatable bonds is 5. The Kier molecular flexibility index (Phi) is 6.92. The summed E-state index contributed by atoms with van der Waals surface area (Å²) in [7, 11) is 3.12. The van der Waals surface area contributed by atoms with Gasteiger partial charge in [-0.2, -0.15) is 0 Å². The highest BCUT2D eigenvalue weighted by molar-refractivity contribution is 5.95. The van der Waals surface area contributed by atoms with Crippen LogP contribution in [0.5, 0.6) is 11.5 Å². The maximum Gasteiger partial charge on any atom is 0.253 e. The number of likely N-dealkylation sites (tertiary alicyclic amines) is 1. The number of hydrogen-bond donors (Lipinski definition) is 1. The molecule has 1 aromatic carbocycles. The van der Waals surface area contributed by atoms with E-state index in [1.807, 2.05) is 4.90 Å². The van der Waals surface area contributed by atoms with Crippen LogP contribution in [-0.2, 0) is 9.53 Å². The van der Waals surface area contributed by atoms with Crippen molar-refractivity contribution in [3.05, 3.63) is 35.4 Å². The third kappa shape index (κ3) is 5.04. The Hall–Kier alpha value is -2.54. The number of carbonyl (C=O) groups excluding carboxylic acids is 2. The third-order valence-corrected chi connectivity index (χ3v) is 5.23. The van der Waals surface area contributed by atoms with Crippen molar-refractivity contribution in [1.82, 2.24) is 10.2 Å². The average Bonchev–Trinajstić information content (AvgIpc) is 2.74. The average molecular weight is 388 g/mol. The minimum Gasteiger partial charge on any atom is -0.493 e. The zero-order valence-corrected chi connectivity index (χ0v) is 16.5. The molecule has 2 saturated heterocycles. The van der Waals surface area contributed by atoms with Crippen molar-refractivity contribution < 1.29 is 23.8 Å². The highest BCUT2D eigenvalue weighted by atomic mass is 16.5. The number of benzene rings is 1. The summed E-state index contributed by atoms with van der Waals surface area (Å²) < 4.78 is 15.8. The van der Waals surface area contributed by atoms with Gasteiger partial charge in [-0.05, 0) is 43.9 Å². The van der Waals surface area contributed by atoms with E-state index in [-0.39, 0.29) is 17.9 Å². The first-order valence-electron chi connectivity index (χ1n) is 9.69. The molecule has 28 heavy (non-hydrogen) atoms. The van der Waals surface area contributed by atoms with Crippen molar-refractivity contribution in [3.63, 3.8) is 0 Å². The normalized spacial score (nSPS) is 17.8. The molecule has 0 atom stereocenters. The number of nitrogens with zero attached hydrogens (tertiary/aromatic N) is 1. The molecule has 0 unspecified atom stereocenters. The van der Waals surface area contributed by atoms with Gasteiger partial charge in [-0.1, -0.05) is 5.57 Å². The number of methoxy groups -OCH3 is 2. The molecule has 0 saturated carbocycles. The third-order valence-electron chi connectivity index (χ3n) is 5.23. The fraction of sp³-hybridized carbons (Fsp3) is 0.524. The first kappa shape index (κ1) is 20.2. The zero-order chi connectivity index (χ0) is 19.9. The molecule has 2 heterocycles. The molecule has 0 aliphatic carbocycles. The minimum atomic E-state index is -0.0402. The molecule has 1 N–H and O–H groups in total. The van der Waals surface area contributed by atoms with Crippen molar-refractivity contribution in [2.24, 2.45) is 0 Å². The molecule has 2 aliphatic heterocycles. The van der Waals surface area contributed by atoms with E-state index in [0.717, 1.165) is 31.3 Å². The molecule has 2 amide bonds. The van der Waals surface area contributed by atoms with Crippen LogP contribution in [0.2, 0.25) is 0 Å². The SMILES string of the molecule is COc1ccc(C(=O)N2CCC(NC(=O)C=C3CCOCC3)CC2)cc1OC. The monoisotopic (exact) mass is 388 g/mol. The summed E-state index contributed by atoms with van der Waals surface area (Å²) in [4.78, 5) is 26.8. The van der Waals surface area contributed by atoms with Gasteiger partial charge in [0.15, 0.2) is 11.5 Å². The van der Waals surface area contributed by atoms with E-state index in [2.05, 4.69) is 5.32 Å². The van der Waals surface area contributed by atoms with Gasteiger partial charge in [-0.3, -0.25) is 9.59 Å². The second-order valence-corrected chi connectivity index (χ2v) is 7.06. The Labute approximate surface area is 165 Å². The van der Waals surface area contributed by atoms with Crippen LogP contribution in [0.25, 0.3) is 0 Å². The Morgan fingerprint density at radius 2 is 1.79 bits per heavy atom. The summed E-state index contributed by atoms with van der Waals surface area (Å²) in [5.41, 5.74) is 1.72. The van der Waals surface area contributed by atoms with Gasteiger partial charge >= 0.3 is 0 Å². The lowest BCUT2D eigenvalue weighted by molar-refractivity contribution is -0.117. The van der Waals surface area contributed by atoms with Crippen molar-refractivity contribution in [1.29, 1.82) is 0 Å². The van der Waals surface area contributed by atoms with E-state index >= 15 is 0 Å². The van der Waals surface area contributed by atoms with E-state index in [0.29, 0.717) is 43.4 Å². The highest BCUT2D eigenvalue weighted by Gasteiger charge is 2.25. The number of nitrogens with one attached hydrogen (secondary N) is 1. The standard InChI is InChI=1S/C21H28N2O5/c1-26-18-4-3-16(14-19(18)27-2)21(25)23-9-5-17(6-10-23)22-20(24)13-15-7-11-28-12-8-15/h3-4,13-14,17H,5-12H2,1-2H3,(H,22,24). The second-order valence-electron chi connectivity index (χ2n) is 7.06. The van der Waals surface area contributed by atoms with E-state index in [1.54, 1.807) is 38.5 Å². The Morgan fingerprint density at radius 3 is 2.43 bits per heavy atom. The molecular formula is C21H28N2O5. The lowest BCUT2D eigenvalue weighted by Crippen LogP contribution is -2.46. The largest absolute Gasteiger partial charge is 0.493 e. The van der Waals surface area contributed by atoms with Crippen LogP contribution in [0.3, 0.4) is 0 Å². The minimum absolute atomic E-state index is 0.0324. The molecule has 2 fully saturated rings. The van der Waals surface area contributed by atoms with Crippen LogP contribution >= 0.6 is 0 Å². The van der Waals surface area contributed by atoms with Gasteiger partial charge in [0.25, 0.3) is 5.91 Å². The number of hydrogen-bond acceptors (Lipinski definition) is 5. The summed E-state index contributed by atoms with van der Waals surface area (Å²) in [6.45, 7) is 2.61. The van der Waals surface area contributed by atoms with Gasteiger partial charge in [-0.25, -0.2) is 0 Å². The smallest absolute Gasteiger partial charge is 0.253 e. The Morgan fingerprint density at radius 1 is 1.11 bits per heavy atom. The summed E-state index contributed by atoms with van der Waals surface area (Å²) in [5.74, 6) is 1.06. The van der Waals surface area contributed by atoms with Crippen LogP contribution in [0.15, 0.2) is 29.8 Å². The molecule has 1 aromatic rings. The van der Waals surface area contributed by atoms with E-state index in [9.17, 15) is 9.59 Å². The number of ether oxygens (including phenoxy) is 3. The maximum atomic E-state index is 12.8. The Bertz CT molecular complexity index is 730. The van der Waals surface area contributed by atoms with Gasteiger partial charge < -0.3 is 24.4 Å². The molecule has 7 nitrogen and oxygen atoms in total. The topological polar surface area (TPSA) is 77.1 Å². The van der Waals surface area contributed by atoms with E-state index in [1.165, 1.54) is 0 Å². The summed E-state index contributed by atoms with van der Waals surface area (Å²) in [6, 6.07) is 5.29. The van der Waals surface area contributed by atoms with E-state index < -0.39 is 0 Å². The summed E-state index contributed by atoms with van der Waals surface area (Å²) in [5, 5.41) is 3.07. The van der Waals surface area contributed by atoms with Gasteiger partial charge in [0.1, 0.15) is 0 Å². The maximum absolute atomic E-state index is 12.8.